The number of hydrogen-bond acceptors (Lipinski definition) is 3. The quantitative estimate of drug-likeness (QED) is 0.833. The number of sulfone groups is 1. The molecule has 0 spiro atoms. The molecule has 1 aromatic carbocycles. The average molecular weight is 350 g/mol. The van der Waals surface area contributed by atoms with Gasteiger partial charge in [-0.2, -0.15) is 13.2 Å². The van der Waals surface area contributed by atoms with Crippen molar-refractivity contribution in [3.63, 3.8) is 0 Å². The fourth-order valence-corrected chi connectivity index (χ4v) is 3.24. The molecule has 8 heteroatoms. The molecule has 0 N–H and O–H groups in total. The van der Waals surface area contributed by atoms with Gasteiger partial charge in [0.1, 0.15) is 0 Å². The third kappa shape index (κ3) is 3.25. The van der Waals surface area contributed by atoms with E-state index >= 15 is 0 Å². The van der Waals surface area contributed by atoms with Gasteiger partial charge in [0.05, 0.1) is 26.9 Å². The molecule has 0 amide bonds. The second-order valence-corrected chi connectivity index (χ2v) is 7.11. The van der Waals surface area contributed by atoms with Crippen molar-refractivity contribution in [1.82, 2.24) is 4.98 Å². The van der Waals surface area contributed by atoms with Gasteiger partial charge in [0.25, 0.3) is 0 Å². The zero-order valence-electron chi connectivity index (χ0n) is 11.4. The minimum Gasteiger partial charge on any atom is -0.254 e. The largest absolute Gasteiger partial charge is 0.417 e. The van der Waals surface area contributed by atoms with Crippen LogP contribution in [0.3, 0.4) is 0 Å². The topological polar surface area (TPSA) is 47.0 Å². The van der Waals surface area contributed by atoms with E-state index in [4.69, 9.17) is 11.6 Å². The minimum atomic E-state index is -4.57. The zero-order valence-corrected chi connectivity index (χ0v) is 12.9. The summed E-state index contributed by atoms with van der Waals surface area (Å²) in [6.07, 6.45) is -3.93. The van der Waals surface area contributed by atoms with Crippen molar-refractivity contribution >= 4 is 21.4 Å². The van der Waals surface area contributed by atoms with Gasteiger partial charge in [0, 0.05) is 11.8 Å². The monoisotopic (exact) mass is 349 g/mol. The van der Waals surface area contributed by atoms with Gasteiger partial charge >= 0.3 is 6.18 Å². The fraction of sp³-hybridized carbons (Fsp3) is 0.214. The molecule has 2 aromatic rings. The summed E-state index contributed by atoms with van der Waals surface area (Å²) in [6.45, 7) is 1.48. The molecule has 0 radical (unpaired) electrons. The van der Waals surface area contributed by atoms with Gasteiger partial charge in [-0.3, -0.25) is 4.98 Å². The Morgan fingerprint density at radius 3 is 2.41 bits per heavy atom. The van der Waals surface area contributed by atoms with E-state index in [1.165, 1.54) is 25.1 Å². The summed E-state index contributed by atoms with van der Waals surface area (Å²) in [6, 6.07) is 6.68. The molecule has 0 bridgehead atoms. The van der Waals surface area contributed by atoms with Crippen LogP contribution in [0.2, 0.25) is 5.02 Å². The number of benzene rings is 1. The molecule has 0 aliphatic heterocycles. The molecule has 1 aromatic heterocycles. The maximum Gasteiger partial charge on any atom is 0.417 e. The Labute approximate surface area is 130 Å². The summed E-state index contributed by atoms with van der Waals surface area (Å²) in [7, 11) is -3.55. The first kappa shape index (κ1) is 16.8. The summed E-state index contributed by atoms with van der Waals surface area (Å²) in [5.74, 6) is -0.137. The molecule has 118 valence electrons. The highest BCUT2D eigenvalue weighted by molar-refractivity contribution is 7.91. The van der Waals surface area contributed by atoms with Crippen molar-refractivity contribution in [3.8, 4) is 11.3 Å². The lowest BCUT2D eigenvalue weighted by atomic mass is 10.1. The number of halogens is 4. The van der Waals surface area contributed by atoms with Gasteiger partial charge in [-0.05, 0) is 12.1 Å². The molecule has 0 saturated heterocycles. The lowest BCUT2D eigenvalue weighted by Crippen LogP contribution is -2.08. The van der Waals surface area contributed by atoms with Gasteiger partial charge < -0.3 is 0 Å². The highest BCUT2D eigenvalue weighted by Gasteiger charge is 2.32. The van der Waals surface area contributed by atoms with Crippen LogP contribution in [0.5, 0.6) is 0 Å². The van der Waals surface area contributed by atoms with Crippen molar-refractivity contribution in [2.45, 2.75) is 18.0 Å². The van der Waals surface area contributed by atoms with Gasteiger partial charge in [-0.15, -0.1) is 0 Å². The Hall–Kier alpha value is -1.60. The smallest absolute Gasteiger partial charge is 0.254 e. The highest BCUT2D eigenvalue weighted by atomic mass is 35.5. The van der Waals surface area contributed by atoms with Crippen LogP contribution in [0.25, 0.3) is 11.3 Å². The molecule has 0 fully saturated rings. The molecule has 0 saturated carbocycles. The molecule has 22 heavy (non-hydrogen) atoms. The highest BCUT2D eigenvalue weighted by Crippen LogP contribution is 2.36. The second kappa shape index (κ2) is 5.89. The van der Waals surface area contributed by atoms with E-state index in [9.17, 15) is 21.6 Å². The molecule has 1 heterocycles. The number of alkyl halides is 3. The Bertz CT molecular complexity index is 804. The van der Waals surface area contributed by atoms with Crippen molar-refractivity contribution in [1.29, 1.82) is 0 Å². The van der Waals surface area contributed by atoms with Gasteiger partial charge in [-0.1, -0.05) is 36.7 Å². The predicted molar refractivity (Wildman–Crippen MR) is 77.4 cm³/mol. The van der Waals surface area contributed by atoms with Crippen LogP contribution >= 0.6 is 11.6 Å². The molecular formula is C14H11ClF3NO2S. The molecule has 0 aliphatic carbocycles. The zero-order chi connectivity index (χ0) is 16.5. The van der Waals surface area contributed by atoms with Crippen molar-refractivity contribution in [2.75, 3.05) is 5.75 Å². The van der Waals surface area contributed by atoms with Crippen LogP contribution < -0.4 is 0 Å². The number of nitrogens with zero attached hydrogens (tertiary/aromatic N) is 1. The van der Waals surface area contributed by atoms with Gasteiger partial charge in [0.15, 0.2) is 9.84 Å². The van der Waals surface area contributed by atoms with E-state index in [-0.39, 0.29) is 26.9 Å². The summed E-state index contributed by atoms with van der Waals surface area (Å²) in [5.41, 5.74) is -0.803. The maximum atomic E-state index is 12.6. The van der Waals surface area contributed by atoms with Gasteiger partial charge in [0.2, 0.25) is 0 Å². The van der Waals surface area contributed by atoms with Crippen molar-refractivity contribution < 1.29 is 21.6 Å². The SMILES string of the molecule is CCS(=O)(=O)c1ccccc1-c1ncc(C(F)(F)F)cc1Cl. The average Bonchev–Trinajstić information content (AvgIpc) is 2.46. The minimum absolute atomic E-state index is 0.00212. The first-order chi connectivity index (χ1) is 10.2. The number of rotatable bonds is 3. The van der Waals surface area contributed by atoms with Crippen LogP contribution in [0, 0.1) is 0 Å². The van der Waals surface area contributed by atoms with Crippen LogP contribution in [0.1, 0.15) is 12.5 Å². The van der Waals surface area contributed by atoms with E-state index < -0.39 is 21.6 Å². The Morgan fingerprint density at radius 2 is 1.86 bits per heavy atom. The molecule has 2 rings (SSSR count). The first-order valence-electron chi connectivity index (χ1n) is 6.21. The summed E-state index contributed by atoms with van der Waals surface area (Å²) in [5, 5.41) is -0.256. The molecule has 3 nitrogen and oxygen atoms in total. The molecular weight excluding hydrogens is 339 g/mol. The van der Waals surface area contributed by atoms with Crippen LogP contribution in [-0.2, 0) is 16.0 Å². The van der Waals surface area contributed by atoms with E-state index in [1.807, 2.05) is 0 Å². The molecule has 0 aliphatic rings. The van der Waals surface area contributed by atoms with Crippen molar-refractivity contribution in [3.05, 3.63) is 47.1 Å². The standard InChI is InChI=1S/C14H11ClF3NO2S/c1-2-22(20,21)12-6-4-3-5-10(12)13-11(15)7-9(8-19-13)14(16,17)18/h3-8H,2H2,1H3. The Morgan fingerprint density at radius 1 is 1.23 bits per heavy atom. The number of pyridine rings is 1. The Kier molecular flexibility index (Phi) is 4.49. The lowest BCUT2D eigenvalue weighted by Gasteiger charge is -2.12. The Balaban J connectivity index is 2.64. The summed E-state index contributed by atoms with van der Waals surface area (Å²) >= 11 is 5.88. The maximum absolute atomic E-state index is 12.6. The van der Waals surface area contributed by atoms with E-state index in [2.05, 4.69) is 4.98 Å². The fourth-order valence-electron chi connectivity index (χ4n) is 1.88. The van der Waals surface area contributed by atoms with E-state index in [0.29, 0.717) is 6.20 Å². The predicted octanol–water partition coefficient (Wildman–Crippen LogP) is 4.21. The van der Waals surface area contributed by atoms with Crippen LogP contribution in [0.4, 0.5) is 13.2 Å². The first-order valence-corrected chi connectivity index (χ1v) is 8.24. The van der Waals surface area contributed by atoms with E-state index in [0.717, 1.165) is 6.07 Å². The molecule has 0 unspecified atom stereocenters. The third-order valence-electron chi connectivity index (χ3n) is 3.03. The number of aromatic nitrogens is 1. The third-order valence-corrected chi connectivity index (χ3v) is 5.10. The van der Waals surface area contributed by atoms with Crippen LogP contribution in [0.15, 0.2) is 41.4 Å². The summed E-state index contributed by atoms with van der Waals surface area (Å²) < 4.78 is 62.1. The van der Waals surface area contributed by atoms with Crippen molar-refractivity contribution in [2.24, 2.45) is 0 Å². The lowest BCUT2D eigenvalue weighted by molar-refractivity contribution is -0.137. The van der Waals surface area contributed by atoms with Gasteiger partial charge in [-0.25, -0.2) is 8.42 Å². The normalized spacial score (nSPS) is 12.4. The number of hydrogen-bond donors (Lipinski definition) is 0. The van der Waals surface area contributed by atoms with E-state index in [1.54, 1.807) is 6.07 Å². The van der Waals surface area contributed by atoms with Crippen LogP contribution in [-0.4, -0.2) is 19.2 Å². The molecule has 0 atom stereocenters. The second-order valence-electron chi connectivity index (χ2n) is 4.45. The summed E-state index contributed by atoms with van der Waals surface area (Å²) in [4.78, 5) is 3.70.